The number of hydrogen-bond acceptors (Lipinski definition) is 6. The molecule has 4 aromatic rings. The van der Waals surface area contributed by atoms with E-state index in [9.17, 15) is 0 Å². The van der Waals surface area contributed by atoms with Crippen LogP contribution in [0.1, 0.15) is 36.2 Å². The molecule has 0 bridgehead atoms. The quantitative estimate of drug-likeness (QED) is 0.310. The van der Waals surface area contributed by atoms with E-state index in [1.54, 1.807) is 24.5 Å². The minimum atomic E-state index is 0.241. The minimum absolute atomic E-state index is 0.241. The summed E-state index contributed by atoms with van der Waals surface area (Å²) in [6.45, 7) is 2.57. The third kappa shape index (κ3) is 4.14. The van der Waals surface area contributed by atoms with E-state index in [0.29, 0.717) is 29.4 Å². The molecule has 2 aromatic carbocycles. The van der Waals surface area contributed by atoms with E-state index in [1.165, 1.54) is 24.9 Å². The molecule has 0 aliphatic carbocycles. The number of nitrogens with zero attached hydrogens (tertiary/aromatic N) is 3. The molecule has 7 heteroatoms. The molecule has 0 saturated carbocycles. The molecule has 4 N–H and O–H groups in total. The molecule has 7 nitrogen and oxygen atoms in total. The highest BCUT2D eigenvalue weighted by molar-refractivity contribution is 6.13. The zero-order valence-corrected chi connectivity index (χ0v) is 17.8. The van der Waals surface area contributed by atoms with Crippen LogP contribution in [-0.2, 0) is 6.61 Å². The first-order valence-corrected chi connectivity index (χ1v) is 10.9. The fraction of sp³-hybridized carbons (Fsp3) is 0.240. The smallest absolute Gasteiger partial charge is 0.157 e. The summed E-state index contributed by atoms with van der Waals surface area (Å²) < 4.78 is 5.89. The van der Waals surface area contributed by atoms with Crippen LogP contribution in [0.15, 0.2) is 60.9 Å². The molecule has 0 radical (unpaired) electrons. The van der Waals surface area contributed by atoms with Crippen LogP contribution < -0.4 is 15.4 Å². The van der Waals surface area contributed by atoms with Crippen molar-refractivity contribution in [3.8, 4) is 5.75 Å². The molecule has 0 unspecified atom stereocenters. The number of pyridine rings is 1. The van der Waals surface area contributed by atoms with E-state index in [2.05, 4.69) is 32.0 Å². The van der Waals surface area contributed by atoms with Crippen LogP contribution in [0.25, 0.3) is 11.0 Å². The highest BCUT2D eigenvalue weighted by Crippen LogP contribution is 2.26. The molecule has 32 heavy (non-hydrogen) atoms. The van der Waals surface area contributed by atoms with Gasteiger partial charge in [0.1, 0.15) is 18.1 Å². The topological polar surface area (TPSA) is 104 Å². The first-order valence-electron chi connectivity index (χ1n) is 10.9. The van der Waals surface area contributed by atoms with Crippen molar-refractivity contribution >= 4 is 28.1 Å². The summed E-state index contributed by atoms with van der Waals surface area (Å²) in [4.78, 5) is 14.5. The van der Waals surface area contributed by atoms with Gasteiger partial charge in [-0.3, -0.25) is 10.4 Å². The molecule has 162 valence electrons. The van der Waals surface area contributed by atoms with Crippen molar-refractivity contribution in [3.63, 3.8) is 0 Å². The van der Waals surface area contributed by atoms with Gasteiger partial charge in [-0.15, -0.1) is 0 Å². The number of benzene rings is 2. The van der Waals surface area contributed by atoms with Gasteiger partial charge in [0.05, 0.1) is 11.0 Å². The largest absolute Gasteiger partial charge is 0.489 e. The number of imidazole rings is 1. The second kappa shape index (κ2) is 8.70. The van der Waals surface area contributed by atoms with Gasteiger partial charge in [-0.1, -0.05) is 6.07 Å². The summed E-state index contributed by atoms with van der Waals surface area (Å²) in [5, 5.41) is 8.74. The second-order valence-electron chi connectivity index (χ2n) is 8.11. The summed E-state index contributed by atoms with van der Waals surface area (Å²) in [7, 11) is 0. The first kappa shape index (κ1) is 20.1. The van der Waals surface area contributed by atoms with E-state index in [0.717, 1.165) is 29.7 Å². The summed E-state index contributed by atoms with van der Waals surface area (Å²) >= 11 is 0. The van der Waals surface area contributed by atoms with Gasteiger partial charge in [0.15, 0.2) is 5.82 Å². The zero-order valence-electron chi connectivity index (χ0n) is 17.8. The maximum Gasteiger partial charge on any atom is 0.157 e. The van der Waals surface area contributed by atoms with E-state index >= 15 is 0 Å². The van der Waals surface area contributed by atoms with Crippen LogP contribution in [-0.4, -0.2) is 33.8 Å². The molecule has 0 amide bonds. The number of ether oxygens (including phenoxy) is 1. The Hall–Kier alpha value is -3.87. The monoisotopic (exact) mass is 426 g/mol. The van der Waals surface area contributed by atoms with Crippen LogP contribution in [0.2, 0.25) is 0 Å². The summed E-state index contributed by atoms with van der Waals surface area (Å²) in [6.07, 6.45) is 7.27. The van der Waals surface area contributed by atoms with Gasteiger partial charge in [0, 0.05) is 48.0 Å². The number of rotatable bonds is 6. The van der Waals surface area contributed by atoms with Crippen LogP contribution in [0.3, 0.4) is 0 Å². The number of aromatic nitrogens is 3. The molecule has 1 saturated heterocycles. The predicted molar refractivity (Wildman–Crippen MR) is 128 cm³/mol. The number of H-pyrrole nitrogens is 1. The van der Waals surface area contributed by atoms with Gasteiger partial charge in [0.2, 0.25) is 0 Å². The fourth-order valence-electron chi connectivity index (χ4n) is 4.08. The van der Waals surface area contributed by atoms with Crippen molar-refractivity contribution in [2.75, 3.05) is 23.7 Å². The number of fused-ring (bicyclic) bond motifs is 1. The molecule has 5 rings (SSSR count). The Kier molecular flexibility index (Phi) is 5.46. The van der Waals surface area contributed by atoms with E-state index < -0.39 is 0 Å². The van der Waals surface area contributed by atoms with Crippen LogP contribution >= 0.6 is 0 Å². The van der Waals surface area contributed by atoms with Crippen molar-refractivity contribution < 1.29 is 4.74 Å². The number of aromatic amines is 1. The Labute approximate surface area is 186 Å². The summed E-state index contributed by atoms with van der Waals surface area (Å²) in [5.41, 5.74) is 11.5. The van der Waals surface area contributed by atoms with Crippen molar-refractivity contribution in [1.29, 1.82) is 5.41 Å². The van der Waals surface area contributed by atoms with E-state index in [4.69, 9.17) is 15.9 Å². The number of nitrogens with one attached hydrogen (secondary N) is 2. The highest BCUT2D eigenvalue weighted by Gasteiger charge is 2.16. The Morgan fingerprint density at radius 1 is 1.09 bits per heavy atom. The number of anilines is 2. The van der Waals surface area contributed by atoms with Crippen molar-refractivity contribution in [2.45, 2.75) is 25.9 Å². The molecular weight excluding hydrogens is 400 g/mol. The Bertz CT molecular complexity index is 1240. The first-order chi connectivity index (χ1) is 15.7. The molecule has 1 aliphatic heterocycles. The Balaban J connectivity index is 1.38. The van der Waals surface area contributed by atoms with Crippen LogP contribution in [0, 0.1) is 5.41 Å². The molecule has 0 spiro atoms. The van der Waals surface area contributed by atoms with Gasteiger partial charge in [-0.25, -0.2) is 4.98 Å². The van der Waals surface area contributed by atoms with Crippen LogP contribution in [0.4, 0.5) is 11.4 Å². The highest BCUT2D eigenvalue weighted by atomic mass is 16.5. The SMILES string of the molecule is N=C(c1nc2ccc(N3CCCCC3)cc2[nH]1)c1cc(OCc2cccnc2)ccc1N. The average molecular weight is 427 g/mol. The Morgan fingerprint density at radius 3 is 2.78 bits per heavy atom. The van der Waals surface area contributed by atoms with Gasteiger partial charge < -0.3 is 20.4 Å². The van der Waals surface area contributed by atoms with Gasteiger partial charge in [0.25, 0.3) is 0 Å². The lowest BCUT2D eigenvalue weighted by molar-refractivity contribution is 0.306. The predicted octanol–water partition coefficient (Wildman–Crippen LogP) is 4.53. The fourth-order valence-corrected chi connectivity index (χ4v) is 4.08. The maximum absolute atomic E-state index is 8.74. The molecule has 3 heterocycles. The second-order valence-corrected chi connectivity index (χ2v) is 8.11. The Morgan fingerprint density at radius 2 is 1.97 bits per heavy atom. The summed E-state index contributed by atoms with van der Waals surface area (Å²) in [6, 6.07) is 15.5. The summed E-state index contributed by atoms with van der Waals surface area (Å²) in [5.74, 6) is 1.14. The van der Waals surface area contributed by atoms with Crippen LogP contribution in [0.5, 0.6) is 5.75 Å². The molecule has 0 atom stereocenters. The van der Waals surface area contributed by atoms with E-state index in [-0.39, 0.29) is 5.71 Å². The molecule has 1 aliphatic rings. The van der Waals surface area contributed by atoms with Crippen molar-refractivity contribution in [1.82, 2.24) is 15.0 Å². The lowest BCUT2D eigenvalue weighted by Crippen LogP contribution is -2.29. The lowest BCUT2D eigenvalue weighted by atomic mass is 10.1. The number of piperidine rings is 1. The lowest BCUT2D eigenvalue weighted by Gasteiger charge is -2.28. The van der Waals surface area contributed by atoms with E-state index in [1.807, 2.05) is 24.3 Å². The third-order valence-corrected chi connectivity index (χ3v) is 5.85. The molecule has 2 aromatic heterocycles. The average Bonchev–Trinajstić information content (AvgIpc) is 3.28. The standard InChI is InChI=1S/C25H26N6O/c26-21-8-7-19(32-16-17-5-4-10-28-15-17)14-20(21)24(27)25-29-22-9-6-18(13-23(22)30-25)31-11-2-1-3-12-31/h4-10,13-15,27H,1-3,11-12,16,26H2,(H,29,30). The number of hydrogen-bond donors (Lipinski definition) is 3. The maximum atomic E-state index is 8.74. The third-order valence-electron chi connectivity index (χ3n) is 5.85. The molecule has 1 fully saturated rings. The van der Waals surface area contributed by atoms with Gasteiger partial charge >= 0.3 is 0 Å². The van der Waals surface area contributed by atoms with Gasteiger partial charge in [-0.05, 0) is 61.7 Å². The normalized spacial score (nSPS) is 13.9. The minimum Gasteiger partial charge on any atom is -0.489 e. The zero-order chi connectivity index (χ0) is 21.9. The van der Waals surface area contributed by atoms with Crippen molar-refractivity contribution in [3.05, 3.63) is 77.9 Å². The number of nitrogen functional groups attached to an aromatic ring is 1. The molecular formula is C25H26N6O. The number of nitrogens with two attached hydrogens (primary N) is 1. The van der Waals surface area contributed by atoms with Gasteiger partial charge in [-0.2, -0.15) is 0 Å². The van der Waals surface area contributed by atoms with Crippen molar-refractivity contribution in [2.24, 2.45) is 0 Å².